The number of hydrogen-bond acceptors (Lipinski definition) is 4. The van der Waals surface area contributed by atoms with E-state index >= 15 is 0 Å². The standard InChI is InChI=1S/C14H16O4/c1-8-10(5-6-11(16)13(8)18)14(9(2)15)7-3-4-12(14)17/h5-6,16,18H,3-4,7H2,1-2H3. The second-order valence-corrected chi connectivity index (χ2v) is 4.84. The Labute approximate surface area is 105 Å². The number of phenols is 2. The van der Waals surface area contributed by atoms with E-state index in [1.807, 2.05) is 0 Å². The van der Waals surface area contributed by atoms with Gasteiger partial charge in [-0.25, -0.2) is 0 Å². The number of carbonyl (C=O) groups excluding carboxylic acids is 2. The van der Waals surface area contributed by atoms with Crippen molar-refractivity contribution in [3.05, 3.63) is 23.3 Å². The Balaban J connectivity index is 2.69. The molecule has 1 aromatic rings. The lowest BCUT2D eigenvalue weighted by Gasteiger charge is -2.27. The number of phenolic OH excluding ortho intramolecular Hbond substituents is 2. The number of carbonyl (C=O) groups is 2. The molecule has 1 saturated carbocycles. The highest BCUT2D eigenvalue weighted by Gasteiger charge is 2.48. The third-order valence-corrected chi connectivity index (χ3v) is 3.90. The summed E-state index contributed by atoms with van der Waals surface area (Å²) in [5.74, 6) is -0.783. The van der Waals surface area contributed by atoms with Gasteiger partial charge < -0.3 is 10.2 Å². The van der Waals surface area contributed by atoms with Crippen molar-refractivity contribution in [2.24, 2.45) is 0 Å². The third kappa shape index (κ3) is 1.52. The van der Waals surface area contributed by atoms with Crippen LogP contribution in [0.3, 0.4) is 0 Å². The third-order valence-electron chi connectivity index (χ3n) is 3.90. The minimum absolute atomic E-state index is 0.0943. The first-order valence-corrected chi connectivity index (χ1v) is 5.97. The first-order valence-electron chi connectivity index (χ1n) is 5.97. The summed E-state index contributed by atoms with van der Waals surface area (Å²) in [5, 5.41) is 19.2. The molecule has 1 unspecified atom stereocenters. The van der Waals surface area contributed by atoms with Gasteiger partial charge in [-0.05, 0) is 43.9 Å². The largest absolute Gasteiger partial charge is 0.504 e. The number of ketones is 2. The fraction of sp³-hybridized carbons (Fsp3) is 0.429. The molecule has 4 nitrogen and oxygen atoms in total. The predicted molar refractivity (Wildman–Crippen MR) is 65.7 cm³/mol. The van der Waals surface area contributed by atoms with E-state index < -0.39 is 5.41 Å². The van der Waals surface area contributed by atoms with Crippen LogP contribution in [0.4, 0.5) is 0 Å². The molecule has 18 heavy (non-hydrogen) atoms. The van der Waals surface area contributed by atoms with Crippen molar-refractivity contribution in [1.29, 1.82) is 0 Å². The van der Waals surface area contributed by atoms with Crippen LogP contribution >= 0.6 is 0 Å². The Morgan fingerprint density at radius 2 is 2.00 bits per heavy atom. The number of rotatable bonds is 2. The van der Waals surface area contributed by atoms with Gasteiger partial charge in [-0.2, -0.15) is 0 Å². The van der Waals surface area contributed by atoms with Crippen LogP contribution in [0.15, 0.2) is 12.1 Å². The zero-order valence-corrected chi connectivity index (χ0v) is 10.5. The summed E-state index contributed by atoms with van der Waals surface area (Å²) >= 11 is 0. The summed E-state index contributed by atoms with van der Waals surface area (Å²) in [7, 11) is 0. The van der Waals surface area contributed by atoms with Crippen molar-refractivity contribution in [3.8, 4) is 11.5 Å². The van der Waals surface area contributed by atoms with Gasteiger partial charge in [0.05, 0.1) is 0 Å². The topological polar surface area (TPSA) is 74.6 Å². The maximum Gasteiger partial charge on any atom is 0.160 e. The molecule has 0 heterocycles. The molecule has 0 amide bonds. The molecule has 2 N–H and O–H groups in total. The van der Waals surface area contributed by atoms with E-state index in [0.29, 0.717) is 30.4 Å². The van der Waals surface area contributed by atoms with Crippen LogP contribution in [0.2, 0.25) is 0 Å². The number of aromatic hydroxyl groups is 2. The number of benzene rings is 1. The monoisotopic (exact) mass is 248 g/mol. The van der Waals surface area contributed by atoms with E-state index in [2.05, 4.69) is 0 Å². The number of hydrogen-bond donors (Lipinski definition) is 2. The van der Waals surface area contributed by atoms with Crippen LogP contribution in [0, 0.1) is 6.92 Å². The zero-order chi connectivity index (χ0) is 13.5. The van der Waals surface area contributed by atoms with Crippen LogP contribution in [0.25, 0.3) is 0 Å². The molecule has 0 bridgehead atoms. The lowest BCUT2D eigenvalue weighted by molar-refractivity contribution is -0.132. The van der Waals surface area contributed by atoms with Crippen LogP contribution in [0.1, 0.15) is 37.3 Å². The molecule has 96 valence electrons. The minimum Gasteiger partial charge on any atom is -0.504 e. The van der Waals surface area contributed by atoms with Gasteiger partial charge in [0, 0.05) is 6.42 Å². The fourth-order valence-corrected chi connectivity index (χ4v) is 2.86. The second kappa shape index (κ2) is 4.12. The molecule has 0 aromatic heterocycles. The first-order chi connectivity index (χ1) is 8.41. The normalized spacial score (nSPS) is 23.3. The van der Waals surface area contributed by atoms with E-state index in [0.717, 1.165) is 0 Å². The Bertz CT molecular complexity index is 533. The van der Waals surface area contributed by atoms with Crippen LogP contribution in [-0.2, 0) is 15.0 Å². The molecule has 0 aliphatic heterocycles. The van der Waals surface area contributed by atoms with Gasteiger partial charge in [-0.1, -0.05) is 6.07 Å². The molecule has 0 saturated heterocycles. The quantitative estimate of drug-likeness (QED) is 0.620. The van der Waals surface area contributed by atoms with Crippen molar-refractivity contribution < 1.29 is 19.8 Å². The molecule has 2 rings (SSSR count). The SMILES string of the molecule is CC(=O)C1(c2ccc(O)c(O)c2C)CCCC1=O. The van der Waals surface area contributed by atoms with Crippen LogP contribution < -0.4 is 0 Å². The molecule has 0 spiro atoms. The Morgan fingerprint density at radius 3 is 2.50 bits per heavy atom. The molecule has 4 heteroatoms. The van der Waals surface area contributed by atoms with Crippen molar-refractivity contribution in [2.75, 3.05) is 0 Å². The zero-order valence-electron chi connectivity index (χ0n) is 10.5. The van der Waals surface area contributed by atoms with E-state index in [9.17, 15) is 19.8 Å². The van der Waals surface area contributed by atoms with Gasteiger partial charge in [0.15, 0.2) is 17.3 Å². The molecule has 1 fully saturated rings. The van der Waals surface area contributed by atoms with E-state index in [1.165, 1.54) is 13.0 Å². The van der Waals surface area contributed by atoms with E-state index in [1.54, 1.807) is 13.0 Å². The van der Waals surface area contributed by atoms with Crippen LogP contribution in [-0.4, -0.2) is 21.8 Å². The molecule has 1 atom stereocenters. The molecule has 1 aliphatic carbocycles. The summed E-state index contributed by atoms with van der Waals surface area (Å²) in [5.41, 5.74) is -0.205. The van der Waals surface area contributed by atoms with Crippen molar-refractivity contribution in [3.63, 3.8) is 0 Å². The van der Waals surface area contributed by atoms with Gasteiger partial charge in [0.2, 0.25) is 0 Å². The Morgan fingerprint density at radius 1 is 1.33 bits per heavy atom. The lowest BCUT2D eigenvalue weighted by Crippen LogP contribution is -2.39. The summed E-state index contributed by atoms with van der Waals surface area (Å²) in [6, 6.07) is 2.89. The van der Waals surface area contributed by atoms with Crippen LogP contribution in [0.5, 0.6) is 11.5 Å². The molecular formula is C14H16O4. The summed E-state index contributed by atoms with van der Waals surface area (Å²) < 4.78 is 0. The van der Waals surface area contributed by atoms with Gasteiger partial charge in [0.1, 0.15) is 11.2 Å². The Hall–Kier alpha value is -1.84. The highest BCUT2D eigenvalue weighted by Crippen LogP contribution is 2.44. The van der Waals surface area contributed by atoms with Crippen molar-refractivity contribution in [2.45, 2.75) is 38.5 Å². The molecular weight excluding hydrogens is 232 g/mol. The first kappa shape index (κ1) is 12.6. The minimum atomic E-state index is -1.13. The van der Waals surface area contributed by atoms with Gasteiger partial charge >= 0.3 is 0 Å². The summed E-state index contributed by atoms with van der Waals surface area (Å²) in [6.07, 6.45) is 1.55. The molecule has 1 aliphatic rings. The maximum atomic E-state index is 12.1. The lowest BCUT2D eigenvalue weighted by atomic mass is 9.73. The second-order valence-electron chi connectivity index (χ2n) is 4.84. The predicted octanol–water partition coefficient (Wildman–Crippen LogP) is 1.99. The van der Waals surface area contributed by atoms with E-state index in [4.69, 9.17) is 0 Å². The smallest absolute Gasteiger partial charge is 0.160 e. The fourth-order valence-electron chi connectivity index (χ4n) is 2.86. The number of Topliss-reactive ketones (excluding diaryl/α,β-unsaturated/α-hetero) is 2. The average Bonchev–Trinajstić information content (AvgIpc) is 2.69. The van der Waals surface area contributed by atoms with Crippen molar-refractivity contribution in [1.82, 2.24) is 0 Å². The molecule has 1 aromatic carbocycles. The molecule has 0 radical (unpaired) electrons. The van der Waals surface area contributed by atoms with Gasteiger partial charge in [-0.3, -0.25) is 9.59 Å². The Kier molecular flexibility index (Phi) is 2.89. The van der Waals surface area contributed by atoms with Crippen molar-refractivity contribution >= 4 is 11.6 Å². The van der Waals surface area contributed by atoms with E-state index in [-0.39, 0.29) is 23.1 Å². The average molecular weight is 248 g/mol. The maximum absolute atomic E-state index is 12.1. The highest BCUT2D eigenvalue weighted by molar-refractivity contribution is 6.13. The van der Waals surface area contributed by atoms with Gasteiger partial charge in [-0.15, -0.1) is 0 Å². The summed E-state index contributed by atoms with van der Waals surface area (Å²) in [4.78, 5) is 24.1. The summed E-state index contributed by atoms with van der Waals surface area (Å²) in [6.45, 7) is 3.02. The highest BCUT2D eigenvalue weighted by atomic mass is 16.3. The van der Waals surface area contributed by atoms with Gasteiger partial charge in [0.25, 0.3) is 0 Å².